The highest BCUT2D eigenvalue weighted by molar-refractivity contribution is 6.32. The van der Waals surface area contributed by atoms with E-state index in [-0.39, 0.29) is 11.6 Å². The zero-order valence-electron chi connectivity index (χ0n) is 15.1. The molecular weight excluding hydrogens is 380 g/mol. The van der Waals surface area contributed by atoms with Crippen molar-refractivity contribution in [1.82, 2.24) is 20.0 Å². The summed E-state index contributed by atoms with van der Waals surface area (Å²) in [5.41, 5.74) is 2.99. The van der Waals surface area contributed by atoms with Crippen molar-refractivity contribution in [2.24, 2.45) is 0 Å². The average Bonchev–Trinajstić information content (AvgIpc) is 3.35. The molecule has 0 aliphatic carbocycles. The van der Waals surface area contributed by atoms with Gasteiger partial charge in [0.05, 0.1) is 17.8 Å². The molecule has 4 rings (SSSR count). The maximum atomic E-state index is 12.0. The number of carbonyl (C=O) groups excluding carboxylic acids is 1. The summed E-state index contributed by atoms with van der Waals surface area (Å²) < 4.78 is 12.1. The summed E-state index contributed by atoms with van der Waals surface area (Å²) in [6, 6.07) is 16.4. The summed E-state index contributed by atoms with van der Waals surface area (Å²) in [7, 11) is 1.29. The van der Waals surface area contributed by atoms with Gasteiger partial charge < -0.3 is 9.15 Å². The third-order valence-corrected chi connectivity index (χ3v) is 4.41. The molecule has 0 radical (unpaired) electrons. The van der Waals surface area contributed by atoms with Crippen LogP contribution in [0.3, 0.4) is 0 Å². The summed E-state index contributed by atoms with van der Waals surface area (Å²) in [5, 5.41) is 13.0. The number of carbonyl (C=O) groups is 1. The van der Waals surface area contributed by atoms with Gasteiger partial charge in [0.15, 0.2) is 5.69 Å². The molecular formula is C20H15ClN4O3. The lowest BCUT2D eigenvalue weighted by molar-refractivity contribution is 0.0593. The van der Waals surface area contributed by atoms with E-state index >= 15 is 0 Å². The van der Waals surface area contributed by atoms with Crippen molar-refractivity contribution in [3.63, 3.8) is 0 Å². The maximum Gasteiger partial charge on any atom is 0.358 e. The second kappa shape index (κ2) is 7.28. The number of aromatic nitrogens is 4. The Hall–Kier alpha value is -3.45. The lowest BCUT2D eigenvalue weighted by Crippen LogP contribution is -2.05. The van der Waals surface area contributed by atoms with E-state index in [1.165, 1.54) is 17.9 Å². The molecule has 2 aromatic heterocycles. The fraction of sp³-hybridized carbons (Fsp3) is 0.100. The molecule has 0 saturated heterocycles. The van der Waals surface area contributed by atoms with Crippen molar-refractivity contribution in [2.45, 2.75) is 6.92 Å². The van der Waals surface area contributed by atoms with Gasteiger partial charge in [0, 0.05) is 11.6 Å². The van der Waals surface area contributed by atoms with E-state index in [1.54, 1.807) is 18.2 Å². The normalized spacial score (nSPS) is 10.8. The number of esters is 1. The van der Waals surface area contributed by atoms with Gasteiger partial charge in [-0.3, -0.25) is 0 Å². The number of halogens is 1. The molecule has 2 aromatic carbocycles. The number of hydrogen-bond donors (Lipinski definition) is 0. The molecule has 0 unspecified atom stereocenters. The zero-order chi connectivity index (χ0) is 19.7. The van der Waals surface area contributed by atoms with Gasteiger partial charge in [0.2, 0.25) is 5.89 Å². The Morgan fingerprint density at radius 3 is 2.61 bits per heavy atom. The Bertz CT molecular complexity index is 1170. The van der Waals surface area contributed by atoms with E-state index in [9.17, 15) is 4.79 Å². The van der Waals surface area contributed by atoms with Gasteiger partial charge in [0.1, 0.15) is 5.69 Å². The molecule has 2 heterocycles. The highest BCUT2D eigenvalue weighted by Gasteiger charge is 2.22. The molecule has 0 atom stereocenters. The number of ether oxygens (including phenoxy) is 1. The number of hydrogen-bond acceptors (Lipinski definition) is 6. The Labute approximate surface area is 165 Å². The minimum absolute atomic E-state index is 0.104. The molecule has 7 nitrogen and oxygen atoms in total. The predicted molar refractivity (Wildman–Crippen MR) is 103 cm³/mol. The number of para-hydroxylation sites is 1. The van der Waals surface area contributed by atoms with Crippen molar-refractivity contribution in [1.29, 1.82) is 0 Å². The first-order valence-electron chi connectivity index (χ1n) is 8.41. The molecule has 140 valence electrons. The van der Waals surface area contributed by atoms with Gasteiger partial charge in [-0.2, -0.15) is 5.10 Å². The molecule has 0 bridgehead atoms. The highest BCUT2D eigenvalue weighted by Crippen LogP contribution is 2.29. The largest absolute Gasteiger partial charge is 0.464 e. The van der Waals surface area contributed by atoms with Gasteiger partial charge in [-0.05, 0) is 31.2 Å². The molecule has 0 saturated carbocycles. The predicted octanol–water partition coefficient (Wildman–Crippen LogP) is 4.34. The SMILES string of the molecule is COC(=O)c1cc(-c2nnc(-c3cccc(C)c3)o2)n(-c2ccccc2Cl)n1. The van der Waals surface area contributed by atoms with Crippen LogP contribution >= 0.6 is 11.6 Å². The molecule has 0 fully saturated rings. The standard InChI is InChI=1S/C20H15ClN4O3/c1-12-6-5-7-13(10-12)18-22-23-19(28-18)17-11-15(20(26)27-2)24-25(17)16-9-4-3-8-14(16)21/h3-11H,1-2H3. The second-order valence-electron chi connectivity index (χ2n) is 6.05. The third kappa shape index (κ3) is 3.27. The van der Waals surface area contributed by atoms with E-state index in [2.05, 4.69) is 15.3 Å². The van der Waals surface area contributed by atoms with Crippen molar-refractivity contribution in [3.05, 3.63) is 70.9 Å². The van der Waals surface area contributed by atoms with Crippen LogP contribution < -0.4 is 0 Å². The average molecular weight is 395 g/mol. The molecule has 8 heteroatoms. The summed E-state index contributed by atoms with van der Waals surface area (Å²) in [4.78, 5) is 12.0. The van der Waals surface area contributed by atoms with Crippen molar-refractivity contribution in [2.75, 3.05) is 7.11 Å². The van der Waals surface area contributed by atoms with Gasteiger partial charge in [-0.1, -0.05) is 41.4 Å². The van der Waals surface area contributed by atoms with E-state index < -0.39 is 5.97 Å². The smallest absolute Gasteiger partial charge is 0.358 e. The molecule has 0 aliphatic heterocycles. The van der Waals surface area contributed by atoms with Crippen LogP contribution in [0.15, 0.2) is 59.0 Å². The molecule has 4 aromatic rings. The molecule has 0 spiro atoms. The number of methoxy groups -OCH3 is 1. The van der Waals surface area contributed by atoms with Crippen LogP contribution in [-0.2, 0) is 4.74 Å². The summed E-state index contributed by atoms with van der Waals surface area (Å²) in [5.74, 6) is -0.00483. The Morgan fingerprint density at radius 1 is 1.07 bits per heavy atom. The molecule has 0 aliphatic rings. The van der Waals surface area contributed by atoms with Gasteiger partial charge in [-0.25, -0.2) is 9.48 Å². The molecule has 28 heavy (non-hydrogen) atoms. The number of aryl methyl sites for hydroxylation is 1. The van der Waals surface area contributed by atoms with Crippen molar-refractivity contribution in [3.8, 4) is 28.7 Å². The van der Waals surface area contributed by atoms with Crippen LogP contribution in [-0.4, -0.2) is 33.1 Å². The van der Waals surface area contributed by atoms with Crippen LogP contribution in [0.5, 0.6) is 0 Å². The van der Waals surface area contributed by atoms with Crippen LogP contribution in [0.1, 0.15) is 16.1 Å². The lowest BCUT2D eigenvalue weighted by atomic mass is 10.1. The molecule has 0 amide bonds. The van der Waals surface area contributed by atoms with Crippen LogP contribution in [0.2, 0.25) is 5.02 Å². The summed E-state index contributed by atoms with van der Waals surface area (Å²) in [6.45, 7) is 1.98. The number of nitrogens with zero attached hydrogens (tertiary/aromatic N) is 4. The molecule has 0 N–H and O–H groups in total. The Morgan fingerprint density at radius 2 is 1.86 bits per heavy atom. The minimum Gasteiger partial charge on any atom is -0.464 e. The Balaban J connectivity index is 1.84. The first kappa shape index (κ1) is 17.9. The Kier molecular flexibility index (Phi) is 4.67. The van der Waals surface area contributed by atoms with Crippen molar-refractivity contribution < 1.29 is 13.9 Å². The van der Waals surface area contributed by atoms with Crippen molar-refractivity contribution >= 4 is 17.6 Å². The first-order chi connectivity index (χ1) is 13.6. The monoisotopic (exact) mass is 394 g/mol. The van der Waals surface area contributed by atoms with Gasteiger partial charge in [-0.15, -0.1) is 10.2 Å². The quantitative estimate of drug-likeness (QED) is 0.479. The van der Waals surface area contributed by atoms with Gasteiger partial charge in [0.25, 0.3) is 5.89 Å². The third-order valence-electron chi connectivity index (χ3n) is 4.09. The van der Waals surface area contributed by atoms with E-state index in [0.29, 0.717) is 22.3 Å². The van der Waals surface area contributed by atoms with Gasteiger partial charge >= 0.3 is 5.97 Å². The number of benzene rings is 2. The van der Waals surface area contributed by atoms with E-state index in [4.69, 9.17) is 20.8 Å². The van der Waals surface area contributed by atoms with Crippen LogP contribution in [0.25, 0.3) is 28.7 Å². The van der Waals surface area contributed by atoms with E-state index in [1.807, 2.05) is 37.3 Å². The topological polar surface area (TPSA) is 83.0 Å². The fourth-order valence-electron chi connectivity index (χ4n) is 2.77. The second-order valence-corrected chi connectivity index (χ2v) is 6.46. The zero-order valence-corrected chi connectivity index (χ0v) is 15.8. The van der Waals surface area contributed by atoms with Crippen LogP contribution in [0.4, 0.5) is 0 Å². The van der Waals surface area contributed by atoms with Crippen LogP contribution in [0, 0.1) is 6.92 Å². The fourth-order valence-corrected chi connectivity index (χ4v) is 2.98. The maximum absolute atomic E-state index is 12.0. The van der Waals surface area contributed by atoms with E-state index in [0.717, 1.165) is 11.1 Å². The summed E-state index contributed by atoms with van der Waals surface area (Å²) in [6.07, 6.45) is 0. The lowest BCUT2D eigenvalue weighted by Gasteiger charge is -2.06. The first-order valence-corrected chi connectivity index (χ1v) is 8.79. The highest BCUT2D eigenvalue weighted by atomic mass is 35.5. The summed E-state index contributed by atoms with van der Waals surface area (Å²) >= 11 is 6.32. The minimum atomic E-state index is -0.578. The number of rotatable bonds is 4.